The molecule has 0 amide bonds. The van der Waals surface area contributed by atoms with Crippen LogP contribution in [-0.2, 0) is 6.61 Å². The minimum absolute atomic E-state index is 0.0759. The predicted molar refractivity (Wildman–Crippen MR) is 81.1 cm³/mol. The number of benzene rings is 1. The Morgan fingerprint density at radius 3 is 3.00 bits per heavy atom. The molecular formula is C12H13ClN4O3S. The van der Waals surface area contributed by atoms with Crippen molar-refractivity contribution >= 4 is 33.8 Å². The lowest BCUT2D eigenvalue weighted by atomic mass is 10.3. The van der Waals surface area contributed by atoms with Crippen LogP contribution in [0.15, 0.2) is 18.2 Å². The zero-order chi connectivity index (χ0) is 15.2. The number of nitro benzene ring substituents is 1. The Labute approximate surface area is 130 Å². The summed E-state index contributed by atoms with van der Waals surface area (Å²) in [7, 11) is 0. The molecule has 0 atom stereocenters. The summed E-state index contributed by atoms with van der Waals surface area (Å²) in [4.78, 5) is 10.1. The van der Waals surface area contributed by atoms with Gasteiger partial charge in [-0.2, -0.15) is 0 Å². The number of aromatic nitrogens is 2. The van der Waals surface area contributed by atoms with Gasteiger partial charge in [0, 0.05) is 30.2 Å². The van der Waals surface area contributed by atoms with E-state index in [1.54, 1.807) is 0 Å². The number of non-ortho nitro benzene ring substituents is 1. The van der Waals surface area contributed by atoms with Gasteiger partial charge in [0.2, 0.25) is 0 Å². The van der Waals surface area contributed by atoms with E-state index in [4.69, 9.17) is 16.3 Å². The first-order chi connectivity index (χ1) is 10.1. The Balaban J connectivity index is 2.03. The van der Waals surface area contributed by atoms with Crippen molar-refractivity contribution in [2.75, 3.05) is 11.9 Å². The van der Waals surface area contributed by atoms with Crippen molar-refractivity contribution in [3.05, 3.63) is 39.0 Å². The number of nitrogens with one attached hydrogen (secondary N) is 1. The third-order valence-corrected chi connectivity index (χ3v) is 3.60. The summed E-state index contributed by atoms with van der Waals surface area (Å²) in [5.41, 5.74) is 0.607. The summed E-state index contributed by atoms with van der Waals surface area (Å²) in [6.45, 7) is 3.09. The Bertz CT molecular complexity index is 635. The van der Waals surface area contributed by atoms with Crippen molar-refractivity contribution in [3.8, 4) is 5.75 Å². The fourth-order valence-electron chi connectivity index (χ4n) is 1.54. The van der Waals surface area contributed by atoms with Gasteiger partial charge in [0.05, 0.1) is 9.95 Å². The van der Waals surface area contributed by atoms with Gasteiger partial charge < -0.3 is 10.1 Å². The van der Waals surface area contributed by atoms with Crippen molar-refractivity contribution in [2.24, 2.45) is 0 Å². The van der Waals surface area contributed by atoms with E-state index in [9.17, 15) is 10.1 Å². The van der Waals surface area contributed by atoms with Gasteiger partial charge in [-0.1, -0.05) is 23.0 Å². The van der Waals surface area contributed by atoms with Gasteiger partial charge in [0.15, 0.2) is 0 Å². The first-order valence-electron chi connectivity index (χ1n) is 6.23. The van der Waals surface area contributed by atoms with Crippen LogP contribution in [-0.4, -0.2) is 21.1 Å². The Morgan fingerprint density at radius 1 is 1.52 bits per heavy atom. The number of ether oxygens (including phenoxy) is 1. The SMILES string of the molecule is CCCNc1snnc1COc1ccc([N+](=O)[O-])cc1Cl. The summed E-state index contributed by atoms with van der Waals surface area (Å²) in [6, 6.07) is 4.07. The molecule has 112 valence electrons. The van der Waals surface area contributed by atoms with Crippen molar-refractivity contribution in [1.82, 2.24) is 9.59 Å². The maximum Gasteiger partial charge on any atom is 0.271 e. The lowest BCUT2D eigenvalue weighted by Gasteiger charge is -2.07. The predicted octanol–water partition coefficient (Wildman–Crippen LogP) is 3.50. The number of nitro groups is 1. The van der Waals surface area contributed by atoms with Crippen LogP contribution in [0.2, 0.25) is 5.02 Å². The van der Waals surface area contributed by atoms with E-state index in [1.165, 1.54) is 29.7 Å². The average Bonchev–Trinajstić information content (AvgIpc) is 2.91. The standard InChI is InChI=1S/C12H13ClN4O3S/c1-2-5-14-12-10(15-16-21-12)7-20-11-4-3-8(17(18)19)6-9(11)13/h3-4,6,14H,2,5,7H2,1H3. The largest absolute Gasteiger partial charge is 0.486 e. The molecule has 0 radical (unpaired) electrons. The topological polar surface area (TPSA) is 90.2 Å². The van der Waals surface area contributed by atoms with Gasteiger partial charge in [-0.05, 0) is 12.5 Å². The monoisotopic (exact) mass is 328 g/mol. The molecule has 0 spiro atoms. The highest BCUT2D eigenvalue weighted by atomic mass is 35.5. The zero-order valence-electron chi connectivity index (χ0n) is 11.2. The molecule has 0 aliphatic rings. The van der Waals surface area contributed by atoms with Crippen molar-refractivity contribution in [2.45, 2.75) is 20.0 Å². The summed E-state index contributed by atoms with van der Waals surface area (Å²) in [5.74, 6) is 0.372. The molecule has 0 saturated heterocycles. The highest BCUT2D eigenvalue weighted by Gasteiger charge is 2.12. The molecule has 1 heterocycles. The summed E-state index contributed by atoms with van der Waals surface area (Å²) < 4.78 is 9.42. The maximum atomic E-state index is 10.6. The first kappa shape index (κ1) is 15.5. The maximum absolute atomic E-state index is 10.6. The molecule has 1 N–H and O–H groups in total. The van der Waals surface area contributed by atoms with E-state index in [1.807, 2.05) is 0 Å². The fourth-order valence-corrected chi connectivity index (χ4v) is 2.36. The van der Waals surface area contributed by atoms with Gasteiger partial charge in [0.25, 0.3) is 5.69 Å². The van der Waals surface area contributed by atoms with Crippen LogP contribution in [0.25, 0.3) is 0 Å². The third kappa shape index (κ3) is 4.02. The van der Waals surface area contributed by atoms with Gasteiger partial charge in [-0.25, -0.2) is 0 Å². The number of halogens is 1. The van der Waals surface area contributed by atoms with Gasteiger partial charge >= 0.3 is 0 Å². The lowest BCUT2D eigenvalue weighted by Crippen LogP contribution is -2.04. The fraction of sp³-hybridized carbons (Fsp3) is 0.333. The van der Waals surface area contributed by atoms with Gasteiger partial charge in [0.1, 0.15) is 23.1 Å². The molecule has 0 bridgehead atoms. The molecule has 0 saturated carbocycles. The Hall–Kier alpha value is -1.93. The van der Waals surface area contributed by atoms with E-state index in [0.29, 0.717) is 11.4 Å². The first-order valence-corrected chi connectivity index (χ1v) is 7.38. The van der Waals surface area contributed by atoms with E-state index in [0.717, 1.165) is 18.0 Å². The molecule has 9 heteroatoms. The Morgan fingerprint density at radius 2 is 2.33 bits per heavy atom. The third-order valence-electron chi connectivity index (χ3n) is 2.58. The molecule has 7 nitrogen and oxygen atoms in total. The van der Waals surface area contributed by atoms with Crippen LogP contribution in [0.3, 0.4) is 0 Å². The molecule has 1 aromatic heterocycles. The van der Waals surface area contributed by atoms with Crippen LogP contribution < -0.4 is 10.1 Å². The minimum atomic E-state index is -0.507. The smallest absolute Gasteiger partial charge is 0.271 e. The number of nitrogens with zero attached hydrogens (tertiary/aromatic N) is 3. The van der Waals surface area contributed by atoms with Gasteiger partial charge in [-0.3, -0.25) is 10.1 Å². The lowest BCUT2D eigenvalue weighted by molar-refractivity contribution is -0.384. The molecular weight excluding hydrogens is 316 g/mol. The van der Waals surface area contributed by atoms with Crippen LogP contribution in [0, 0.1) is 10.1 Å². The van der Waals surface area contributed by atoms with E-state index in [2.05, 4.69) is 21.8 Å². The number of hydrogen-bond donors (Lipinski definition) is 1. The zero-order valence-corrected chi connectivity index (χ0v) is 12.8. The molecule has 0 fully saturated rings. The quantitative estimate of drug-likeness (QED) is 0.618. The number of hydrogen-bond acceptors (Lipinski definition) is 7. The summed E-state index contributed by atoms with van der Waals surface area (Å²) in [5, 5.41) is 18.9. The van der Waals surface area contributed by atoms with E-state index >= 15 is 0 Å². The number of rotatable bonds is 7. The second-order valence-electron chi connectivity index (χ2n) is 4.14. The highest BCUT2D eigenvalue weighted by Crippen LogP contribution is 2.30. The van der Waals surface area contributed by atoms with E-state index in [-0.39, 0.29) is 17.3 Å². The molecule has 0 unspecified atom stereocenters. The number of anilines is 1. The molecule has 2 aromatic rings. The van der Waals surface area contributed by atoms with Crippen LogP contribution >= 0.6 is 23.1 Å². The van der Waals surface area contributed by atoms with E-state index < -0.39 is 4.92 Å². The molecule has 0 aliphatic heterocycles. The second-order valence-corrected chi connectivity index (χ2v) is 5.30. The van der Waals surface area contributed by atoms with Crippen molar-refractivity contribution in [3.63, 3.8) is 0 Å². The Kier molecular flexibility index (Phi) is 5.29. The molecule has 0 aliphatic carbocycles. The van der Waals surface area contributed by atoms with Crippen LogP contribution in [0.5, 0.6) is 5.75 Å². The average molecular weight is 329 g/mol. The molecule has 1 aromatic carbocycles. The van der Waals surface area contributed by atoms with Crippen LogP contribution in [0.1, 0.15) is 19.0 Å². The van der Waals surface area contributed by atoms with Crippen LogP contribution in [0.4, 0.5) is 10.7 Å². The summed E-state index contributed by atoms with van der Waals surface area (Å²) >= 11 is 7.22. The summed E-state index contributed by atoms with van der Waals surface area (Å²) in [6.07, 6.45) is 0.992. The second kappa shape index (κ2) is 7.19. The minimum Gasteiger partial charge on any atom is -0.486 e. The van der Waals surface area contributed by atoms with Crippen molar-refractivity contribution < 1.29 is 9.66 Å². The normalized spacial score (nSPS) is 10.4. The van der Waals surface area contributed by atoms with Gasteiger partial charge in [-0.15, -0.1) is 5.10 Å². The molecule has 21 heavy (non-hydrogen) atoms. The highest BCUT2D eigenvalue weighted by molar-refractivity contribution is 7.10. The van der Waals surface area contributed by atoms with Crippen molar-refractivity contribution in [1.29, 1.82) is 0 Å². The molecule has 2 rings (SSSR count).